The van der Waals surface area contributed by atoms with Crippen LogP contribution in [0.2, 0.25) is 0 Å². The van der Waals surface area contributed by atoms with Gasteiger partial charge in [0.25, 0.3) is 0 Å². The Hall–Kier alpha value is 0.250. The Morgan fingerprint density at radius 3 is 2.86 bits per heavy atom. The molecular weight excluding hydrogens is 375 g/mol. The van der Waals surface area contributed by atoms with Gasteiger partial charge in [0.1, 0.15) is 0 Å². The molecule has 0 fully saturated rings. The summed E-state index contributed by atoms with van der Waals surface area (Å²) >= 11 is 5.72. The van der Waals surface area contributed by atoms with Gasteiger partial charge >= 0.3 is 0 Å². The summed E-state index contributed by atoms with van der Waals surface area (Å²) in [5.74, 6) is 0. The SMILES string of the molecule is Cc1c(C)n(SI)c2ncc(Br)cc12. The normalized spacial score (nSPS) is 11.1. The molecular formula is C9H8BrIN2S. The van der Waals surface area contributed by atoms with Crippen molar-refractivity contribution in [1.82, 2.24) is 8.96 Å². The van der Waals surface area contributed by atoms with E-state index >= 15 is 0 Å². The number of halogens is 2. The van der Waals surface area contributed by atoms with Crippen LogP contribution >= 0.6 is 46.3 Å². The average molecular weight is 383 g/mol. The van der Waals surface area contributed by atoms with Crippen LogP contribution in [0.25, 0.3) is 11.0 Å². The number of hydrogen-bond acceptors (Lipinski definition) is 2. The maximum absolute atomic E-state index is 4.42. The number of rotatable bonds is 1. The van der Waals surface area contributed by atoms with E-state index in [0.717, 1.165) is 10.1 Å². The van der Waals surface area contributed by atoms with Gasteiger partial charge in [-0.3, -0.25) is 3.97 Å². The first kappa shape index (κ1) is 10.8. The molecule has 0 saturated heterocycles. The minimum absolute atomic E-state index is 1.03. The summed E-state index contributed by atoms with van der Waals surface area (Å²) in [6.07, 6.45) is 1.84. The van der Waals surface area contributed by atoms with Crippen LogP contribution in [-0.2, 0) is 0 Å². The number of aryl methyl sites for hydroxylation is 1. The van der Waals surface area contributed by atoms with Crippen molar-refractivity contribution in [2.45, 2.75) is 13.8 Å². The average Bonchev–Trinajstić information content (AvgIpc) is 2.41. The molecule has 5 heteroatoms. The molecule has 0 atom stereocenters. The van der Waals surface area contributed by atoms with Gasteiger partial charge in [0.05, 0.1) is 0 Å². The molecule has 2 nitrogen and oxygen atoms in total. The highest BCUT2D eigenvalue weighted by molar-refractivity contribution is 14.2. The Morgan fingerprint density at radius 1 is 1.50 bits per heavy atom. The van der Waals surface area contributed by atoms with Crippen LogP contribution in [0, 0.1) is 13.8 Å². The molecule has 0 saturated carbocycles. The van der Waals surface area contributed by atoms with Crippen molar-refractivity contribution in [2.24, 2.45) is 0 Å². The van der Waals surface area contributed by atoms with E-state index in [1.165, 1.54) is 16.6 Å². The zero-order valence-electron chi connectivity index (χ0n) is 7.71. The molecule has 0 N–H and O–H groups in total. The molecule has 0 aliphatic heterocycles. The van der Waals surface area contributed by atoms with Gasteiger partial charge in [-0.1, -0.05) is 0 Å². The Morgan fingerprint density at radius 2 is 2.21 bits per heavy atom. The van der Waals surface area contributed by atoms with E-state index in [2.05, 4.69) is 66.0 Å². The van der Waals surface area contributed by atoms with E-state index in [1.807, 2.05) is 6.20 Å². The Kier molecular flexibility index (Phi) is 3.09. The molecule has 74 valence electrons. The molecule has 2 aromatic rings. The third-order valence-electron chi connectivity index (χ3n) is 2.35. The maximum atomic E-state index is 4.42. The molecule has 0 amide bonds. The molecule has 0 radical (unpaired) electrons. The third kappa shape index (κ3) is 1.59. The van der Waals surface area contributed by atoms with Crippen molar-refractivity contribution >= 4 is 57.3 Å². The summed E-state index contributed by atoms with van der Waals surface area (Å²) in [4.78, 5) is 4.42. The second kappa shape index (κ2) is 4.02. The smallest absolute Gasteiger partial charge is 0.151 e. The van der Waals surface area contributed by atoms with Gasteiger partial charge in [0.2, 0.25) is 0 Å². The quantitative estimate of drug-likeness (QED) is 0.685. The fraction of sp³-hybridized carbons (Fsp3) is 0.222. The number of nitrogens with zero attached hydrogens (tertiary/aromatic N) is 2. The summed E-state index contributed by atoms with van der Waals surface area (Å²) in [7, 11) is 1.66. The Bertz CT molecular complexity index is 495. The van der Waals surface area contributed by atoms with Crippen LogP contribution in [0.15, 0.2) is 16.7 Å². The van der Waals surface area contributed by atoms with Crippen LogP contribution in [0.5, 0.6) is 0 Å². The largest absolute Gasteiger partial charge is 0.263 e. The first-order valence-corrected chi connectivity index (χ1v) is 8.18. The lowest BCUT2D eigenvalue weighted by Crippen LogP contribution is -1.87. The summed E-state index contributed by atoms with van der Waals surface area (Å²) in [6.45, 7) is 4.26. The van der Waals surface area contributed by atoms with Crippen LogP contribution in [0.1, 0.15) is 11.3 Å². The predicted molar refractivity (Wildman–Crippen MR) is 73.9 cm³/mol. The predicted octanol–water partition coefficient (Wildman–Crippen LogP) is 4.26. The summed E-state index contributed by atoms with van der Waals surface area (Å²) in [5, 5.41) is 1.22. The van der Waals surface area contributed by atoms with E-state index in [4.69, 9.17) is 0 Å². The molecule has 0 aromatic carbocycles. The zero-order chi connectivity index (χ0) is 10.3. The second-order valence-electron chi connectivity index (χ2n) is 3.10. The molecule has 0 aliphatic rings. The van der Waals surface area contributed by atoms with Gasteiger partial charge in [-0.2, -0.15) is 0 Å². The molecule has 0 unspecified atom stereocenters. The minimum Gasteiger partial charge on any atom is -0.263 e. The monoisotopic (exact) mass is 382 g/mol. The van der Waals surface area contributed by atoms with Gasteiger partial charge < -0.3 is 0 Å². The van der Waals surface area contributed by atoms with Gasteiger partial charge in [-0.05, 0) is 41.4 Å². The minimum atomic E-state index is 1.03. The van der Waals surface area contributed by atoms with E-state index in [1.54, 1.807) is 9.12 Å². The standard InChI is InChI=1S/C9H8BrIN2S/c1-5-6(2)13(14-11)9-8(5)3-7(10)4-12-9/h3-4H,1-2H3. The molecule has 0 spiro atoms. The highest BCUT2D eigenvalue weighted by atomic mass is 127. The van der Waals surface area contributed by atoms with Crippen molar-refractivity contribution in [3.05, 3.63) is 28.0 Å². The lowest BCUT2D eigenvalue weighted by atomic mass is 10.2. The molecule has 2 aromatic heterocycles. The lowest BCUT2D eigenvalue weighted by Gasteiger charge is -1.99. The fourth-order valence-corrected chi connectivity index (χ4v) is 3.69. The van der Waals surface area contributed by atoms with Gasteiger partial charge in [-0.25, -0.2) is 4.98 Å². The molecule has 2 rings (SSSR count). The number of aromatic nitrogens is 2. The summed E-state index contributed by atoms with van der Waals surface area (Å²) < 4.78 is 3.18. The first-order valence-electron chi connectivity index (χ1n) is 4.07. The van der Waals surface area contributed by atoms with Crippen LogP contribution in [0.3, 0.4) is 0 Å². The number of fused-ring (bicyclic) bond motifs is 1. The van der Waals surface area contributed by atoms with E-state index in [9.17, 15) is 0 Å². The molecule has 2 heterocycles. The van der Waals surface area contributed by atoms with E-state index in [0.29, 0.717) is 0 Å². The van der Waals surface area contributed by atoms with Gasteiger partial charge in [-0.15, -0.1) is 0 Å². The van der Waals surface area contributed by atoms with Crippen molar-refractivity contribution in [1.29, 1.82) is 0 Å². The molecule has 0 bridgehead atoms. The second-order valence-corrected chi connectivity index (χ2v) is 5.70. The van der Waals surface area contributed by atoms with Crippen LogP contribution in [-0.4, -0.2) is 8.96 Å². The van der Waals surface area contributed by atoms with Crippen molar-refractivity contribution in [3.8, 4) is 0 Å². The van der Waals surface area contributed by atoms with Crippen LogP contribution in [0.4, 0.5) is 0 Å². The van der Waals surface area contributed by atoms with E-state index < -0.39 is 0 Å². The van der Waals surface area contributed by atoms with Gasteiger partial charge in [0.15, 0.2) is 5.65 Å². The molecule has 14 heavy (non-hydrogen) atoms. The Balaban J connectivity index is 2.88. The highest BCUT2D eigenvalue weighted by Gasteiger charge is 2.11. The van der Waals surface area contributed by atoms with Gasteiger partial charge in [0, 0.05) is 52.1 Å². The highest BCUT2D eigenvalue weighted by Crippen LogP contribution is 2.31. The number of pyridine rings is 1. The number of hydrogen-bond donors (Lipinski definition) is 0. The van der Waals surface area contributed by atoms with Crippen LogP contribution < -0.4 is 0 Å². The van der Waals surface area contributed by atoms with Crippen molar-refractivity contribution in [2.75, 3.05) is 0 Å². The zero-order valence-corrected chi connectivity index (χ0v) is 12.3. The summed E-state index contributed by atoms with van der Waals surface area (Å²) in [6, 6.07) is 2.12. The van der Waals surface area contributed by atoms with Crippen molar-refractivity contribution in [3.63, 3.8) is 0 Å². The summed E-state index contributed by atoms with van der Waals surface area (Å²) in [5.41, 5.74) is 3.62. The molecule has 0 aliphatic carbocycles. The lowest BCUT2D eigenvalue weighted by molar-refractivity contribution is 1.16. The third-order valence-corrected chi connectivity index (χ3v) is 4.55. The topological polar surface area (TPSA) is 17.8 Å². The van der Waals surface area contributed by atoms with E-state index in [-0.39, 0.29) is 0 Å². The Labute approximate surface area is 107 Å². The fourth-order valence-electron chi connectivity index (χ4n) is 1.46. The maximum Gasteiger partial charge on any atom is 0.151 e. The van der Waals surface area contributed by atoms with Crippen molar-refractivity contribution < 1.29 is 0 Å². The first-order chi connectivity index (χ1) is 6.65.